The van der Waals surface area contributed by atoms with E-state index in [0.29, 0.717) is 11.4 Å². The van der Waals surface area contributed by atoms with Gasteiger partial charge >= 0.3 is 5.97 Å². The average molecular weight is 253 g/mol. The number of nitrogens with zero attached hydrogens (tertiary/aromatic N) is 1. The Labute approximate surface area is 106 Å². The van der Waals surface area contributed by atoms with Gasteiger partial charge in [0.25, 0.3) is 0 Å². The molecule has 1 amide bonds. The normalized spacial score (nSPS) is 10.4. The molecule has 0 aliphatic carbocycles. The lowest BCUT2D eigenvalue weighted by atomic mass is 10.3. The predicted molar refractivity (Wildman–Crippen MR) is 68.2 cm³/mol. The molecule has 3 N–H and O–H groups in total. The highest BCUT2D eigenvalue weighted by molar-refractivity contribution is 5.89. The molecular weight excluding hydrogens is 234 g/mol. The number of nitrogens with one attached hydrogen (secondary N) is 1. The van der Waals surface area contributed by atoms with Crippen molar-refractivity contribution in [2.75, 3.05) is 19.4 Å². The summed E-state index contributed by atoms with van der Waals surface area (Å²) >= 11 is 0. The van der Waals surface area contributed by atoms with Crippen molar-refractivity contribution < 1.29 is 14.3 Å². The molecule has 0 saturated carbocycles. The number of rotatable bonds is 5. The minimum absolute atomic E-state index is 0.0572. The van der Waals surface area contributed by atoms with E-state index in [2.05, 4.69) is 5.32 Å². The molecule has 6 heteroatoms. The van der Waals surface area contributed by atoms with Crippen LogP contribution in [0.1, 0.15) is 36.8 Å². The van der Waals surface area contributed by atoms with Gasteiger partial charge in [-0.05, 0) is 19.9 Å². The Morgan fingerprint density at radius 2 is 2.17 bits per heavy atom. The fraction of sp³-hybridized carbons (Fsp3) is 0.500. The maximum atomic E-state index is 11.8. The highest BCUT2D eigenvalue weighted by Gasteiger charge is 2.16. The number of hydrogen-bond acceptors (Lipinski definition) is 4. The molecule has 0 bridgehead atoms. The van der Waals surface area contributed by atoms with E-state index in [9.17, 15) is 9.59 Å². The van der Waals surface area contributed by atoms with E-state index in [1.54, 1.807) is 16.8 Å². The summed E-state index contributed by atoms with van der Waals surface area (Å²) in [7, 11) is 1.54. The second-order valence-electron chi connectivity index (χ2n) is 4.22. The summed E-state index contributed by atoms with van der Waals surface area (Å²) in [5.74, 6) is -0.633. The van der Waals surface area contributed by atoms with Gasteiger partial charge in [0.1, 0.15) is 12.3 Å². The number of anilines is 1. The van der Waals surface area contributed by atoms with Crippen molar-refractivity contribution >= 4 is 17.6 Å². The van der Waals surface area contributed by atoms with Crippen LogP contribution in [0.2, 0.25) is 0 Å². The van der Waals surface area contributed by atoms with E-state index in [0.717, 1.165) is 0 Å². The molecule has 18 heavy (non-hydrogen) atoms. The third-order valence-corrected chi connectivity index (χ3v) is 2.48. The van der Waals surface area contributed by atoms with Crippen LogP contribution < -0.4 is 11.1 Å². The zero-order valence-electron chi connectivity index (χ0n) is 10.9. The molecule has 0 spiro atoms. The quantitative estimate of drug-likeness (QED) is 0.765. The van der Waals surface area contributed by atoms with Crippen LogP contribution >= 0.6 is 0 Å². The summed E-state index contributed by atoms with van der Waals surface area (Å²) in [5.41, 5.74) is 6.58. The van der Waals surface area contributed by atoms with Crippen molar-refractivity contribution in [3.63, 3.8) is 0 Å². The number of hydrogen-bond donors (Lipinski definition) is 2. The van der Waals surface area contributed by atoms with Gasteiger partial charge in [-0.25, -0.2) is 4.79 Å². The zero-order chi connectivity index (χ0) is 13.7. The van der Waals surface area contributed by atoms with E-state index < -0.39 is 5.97 Å². The van der Waals surface area contributed by atoms with E-state index in [1.165, 1.54) is 7.05 Å². The number of aromatic nitrogens is 1. The van der Waals surface area contributed by atoms with Crippen LogP contribution in [0.5, 0.6) is 0 Å². The first kappa shape index (κ1) is 14.1. The van der Waals surface area contributed by atoms with Gasteiger partial charge in [-0.3, -0.25) is 4.79 Å². The Morgan fingerprint density at radius 1 is 1.50 bits per heavy atom. The fourth-order valence-electron chi connectivity index (χ4n) is 1.53. The van der Waals surface area contributed by atoms with Crippen LogP contribution in [-0.2, 0) is 9.53 Å². The van der Waals surface area contributed by atoms with E-state index in [4.69, 9.17) is 10.5 Å². The Hall–Kier alpha value is -1.98. The molecule has 1 heterocycles. The summed E-state index contributed by atoms with van der Waals surface area (Å²) < 4.78 is 6.78. The Kier molecular flexibility index (Phi) is 4.76. The van der Waals surface area contributed by atoms with Gasteiger partial charge in [-0.2, -0.15) is 0 Å². The van der Waals surface area contributed by atoms with Gasteiger partial charge < -0.3 is 20.4 Å². The van der Waals surface area contributed by atoms with Crippen molar-refractivity contribution in [3.05, 3.63) is 18.0 Å². The Bertz CT molecular complexity index is 438. The van der Waals surface area contributed by atoms with Crippen molar-refractivity contribution in [2.45, 2.75) is 26.3 Å². The van der Waals surface area contributed by atoms with Gasteiger partial charge in [-0.15, -0.1) is 0 Å². The maximum absolute atomic E-state index is 11.8. The standard InChI is InChI=1S/C12H19N3O3/c1-8(2)15-7-9(13)6-10(15)12(17)18-5-4-11(16)14-3/h6-8H,4-5,13H2,1-3H3,(H,14,16). The molecule has 1 aromatic rings. The monoisotopic (exact) mass is 253 g/mol. The molecule has 0 unspecified atom stereocenters. The number of carbonyl (C=O) groups is 2. The molecule has 100 valence electrons. The van der Waals surface area contributed by atoms with Gasteiger partial charge in [0.2, 0.25) is 5.91 Å². The molecule has 6 nitrogen and oxygen atoms in total. The van der Waals surface area contributed by atoms with Crippen molar-refractivity contribution in [3.8, 4) is 0 Å². The van der Waals surface area contributed by atoms with Crippen molar-refractivity contribution in [1.29, 1.82) is 0 Å². The van der Waals surface area contributed by atoms with Gasteiger partial charge in [0.05, 0.1) is 12.1 Å². The Balaban J connectivity index is 2.64. The molecule has 0 aliphatic heterocycles. The SMILES string of the molecule is CNC(=O)CCOC(=O)c1cc(N)cn1C(C)C. The summed E-state index contributed by atoms with van der Waals surface area (Å²) in [6, 6.07) is 1.69. The second-order valence-corrected chi connectivity index (χ2v) is 4.22. The van der Waals surface area contributed by atoms with Gasteiger partial charge in [0, 0.05) is 19.3 Å². The largest absolute Gasteiger partial charge is 0.460 e. The first-order valence-electron chi connectivity index (χ1n) is 5.80. The molecule has 0 fully saturated rings. The van der Waals surface area contributed by atoms with Crippen LogP contribution in [0.4, 0.5) is 5.69 Å². The molecule has 0 saturated heterocycles. The highest BCUT2D eigenvalue weighted by Crippen LogP contribution is 2.17. The molecular formula is C12H19N3O3. The number of nitrogen functional groups attached to an aromatic ring is 1. The van der Waals surface area contributed by atoms with E-state index >= 15 is 0 Å². The second kappa shape index (κ2) is 6.09. The molecule has 0 atom stereocenters. The van der Waals surface area contributed by atoms with Crippen LogP contribution in [0.25, 0.3) is 0 Å². The smallest absolute Gasteiger partial charge is 0.355 e. The lowest BCUT2D eigenvalue weighted by Crippen LogP contribution is -2.21. The van der Waals surface area contributed by atoms with Crippen LogP contribution in [0, 0.1) is 0 Å². The summed E-state index contributed by atoms with van der Waals surface area (Å²) in [6.45, 7) is 3.95. The van der Waals surface area contributed by atoms with Gasteiger partial charge in [-0.1, -0.05) is 0 Å². The number of nitrogens with two attached hydrogens (primary N) is 1. The topological polar surface area (TPSA) is 86.3 Å². The van der Waals surface area contributed by atoms with E-state index in [-0.39, 0.29) is 25.0 Å². The van der Waals surface area contributed by atoms with Gasteiger partial charge in [0.15, 0.2) is 0 Å². The average Bonchev–Trinajstić information content (AvgIpc) is 2.71. The van der Waals surface area contributed by atoms with Crippen LogP contribution in [-0.4, -0.2) is 30.1 Å². The zero-order valence-corrected chi connectivity index (χ0v) is 10.9. The Morgan fingerprint density at radius 3 is 2.72 bits per heavy atom. The summed E-state index contributed by atoms with van der Waals surface area (Å²) in [5, 5.41) is 2.46. The van der Waals surface area contributed by atoms with Crippen molar-refractivity contribution in [2.24, 2.45) is 0 Å². The summed E-state index contributed by atoms with van der Waals surface area (Å²) in [4.78, 5) is 22.8. The lowest BCUT2D eigenvalue weighted by Gasteiger charge is -2.11. The molecule has 0 aromatic carbocycles. The van der Waals surface area contributed by atoms with E-state index in [1.807, 2.05) is 13.8 Å². The van der Waals surface area contributed by atoms with Crippen molar-refractivity contribution in [1.82, 2.24) is 9.88 Å². The number of ether oxygens (including phenoxy) is 1. The third-order valence-electron chi connectivity index (χ3n) is 2.48. The summed E-state index contributed by atoms with van der Waals surface area (Å²) in [6.07, 6.45) is 1.85. The van der Waals surface area contributed by atoms with Crippen LogP contribution in [0.3, 0.4) is 0 Å². The fourth-order valence-corrected chi connectivity index (χ4v) is 1.53. The maximum Gasteiger partial charge on any atom is 0.355 e. The highest BCUT2D eigenvalue weighted by atomic mass is 16.5. The third kappa shape index (κ3) is 3.51. The molecule has 0 radical (unpaired) electrons. The predicted octanol–water partition coefficient (Wildman–Crippen LogP) is 0.944. The molecule has 0 aliphatic rings. The molecule has 1 rings (SSSR count). The van der Waals surface area contributed by atoms with Crippen LogP contribution in [0.15, 0.2) is 12.3 Å². The first-order chi connectivity index (χ1) is 8.45. The minimum Gasteiger partial charge on any atom is -0.460 e. The number of amides is 1. The number of esters is 1. The number of carbonyl (C=O) groups excluding carboxylic acids is 2. The first-order valence-corrected chi connectivity index (χ1v) is 5.80. The lowest BCUT2D eigenvalue weighted by molar-refractivity contribution is -0.121. The molecule has 1 aromatic heterocycles. The minimum atomic E-state index is -0.468.